The van der Waals surface area contributed by atoms with Crippen LogP contribution in [0.3, 0.4) is 0 Å². The molecule has 1 N–H and O–H groups in total. The van der Waals surface area contributed by atoms with Crippen LogP contribution in [0.4, 0.5) is 0 Å². The van der Waals surface area contributed by atoms with Gasteiger partial charge in [-0.25, -0.2) is 0 Å². The molecule has 130 valence electrons. The minimum atomic E-state index is 0.130. The molecule has 4 rings (SSSR count). The fourth-order valence-corrected chi connectivity index (χ4v) is 4.01. The standard InChI is InChI=1S/C18H26N4O2/c1-22-16(8-9-20-22)18-13(5-4-10-23-18)11-19-12-15-14-6-2-3-7-17(14)24-21-15/h8-9,13,18-19H,2-7,10-12H2,1H3/t13-,18+/m0/s1. The summed E-state index contributed by atoms with van der Waals surface area (Å²) in [5.74, 6) is 1.57. The number of ether oxygens (including phenoxy) is 1. The largest absolute Gasteiger partial charge is 0.372 e. The number of nitrogens with one attached hydrogen (secondary N) is 1. The van der Waals surface area contributed by atoms with Crippen LogP contribution in [0.1, 0.15) is 54.5 Å². The number of hydrogen-bond donors (Lipinski definition) is 1. The molecule has 2 atom stereocenters. The van der Waals surface area contributed by atoms with E-state index in [4.69, 9.17) is 9.26 Å². The van der Waals surface area contributed by atoms with Crippen molar-refractivity contribution in [2.45, 2.75) is 51.2 Å². The molecule has 1 aliphatic heterocycles. The van der Waals surface area contributed by atoms with E-state index in [1.807, 2.05) is 17.9 Å². The van der Waals surface area contributed by atoms with Crippen molar-refractivity contribution in [2.24, 2.45) is 13.0 Å². The van der Waals surface area contributed by atoms with Crippen molar-refractivity contribution in [3.63, 3.8) is 0 Å². The molecule has 0 bridgehead atoms. The monoisotopic (exact) mass is 330 g/mol. The Labute approximate surface area is 142 Å². The van der Waals surface area contributed by atoms with Gasteiger partial charge in [-0.3, -0.25) is 4.68 Å². The van der Waals surface area contributed by atoms with Crippen molar-refractivity contribution in [1.29, 1.82) is 0 Å². The second-order valence-electron chi connectivity index (χ2n) is 6.94. The number of rotatable bonds is 5. The molecule has 0 unspecified atom stereocenters. The van der Waals surface area contributed by atoms with Crippen LogP contribution in [-0.4, -0.2) is 28.1 Å². The highest BCUT2D eigenvalue weighted by Crippen LogP contribution is 2.33. The van der Waals surface area contributed by atoms with Crippen LogP contribution in [0.5, 0.6) is 0 Å². The van der Waals surface area contributed by atoms with Gasteiger partial charge in [0.2, 0.25) is 0 Å². The molecular weight excluding hydrogens is 304 g/mol. The Kier molecular flexibility index (Phi) is 4.67. The van der Waals surface area contributed by atoms with Crippen molar-refractivity contribution < 1.29 is 9.26 Å². The summed E-state index contributed by atoms with van der Waals surface area (Å²) in [4.78, 5) is 0. The molecule has 2 aliphatic rings. The van der Waals surface area contributed by atoms with Crippen LogP contribution in [0, 0.1) is 5.92 Å². The smallest absolute Gasteiger partial charge is 0.140 e. The molecule has 6 nitrogen and oxygen atoms in total. The zero-order chi connectivity index (χ0) is 16.4. The van der Waals surface area contributed by atoms with Gasteiger partial charge in [0, 0.05) is 50.8 Å². The van der Waals surface area contributed by atoms with Crippen LogP contribution in [0.25, 0.3) is 0 Å². The maximum atomic E-state index is 6.06. The zero-order valence-electron chi connectivity index (χ0n) is 14.3. The highest BCUT2D eigenvalue weighted by atomic mass is 16.5. The summed E-state index contributed by atoms with van der Waals surface area (Å²) >= 11 is 0. The highest BCUT2D eigenvalue weighted by molar-refractivity contribution is 5.25. The lowest BCUT2D eigenvalue weighted by Crippen LogP contribution is -2.33. The van der Waals surface area contributed by atoms with Gasteiger partial charge < -0.3 is 14.6 Å². The Morgan fingerprint density at radius 2 is 2.21 bits per heavy atom. The number of nitrogens with zero attached hydrogens (tertiary/aromatic N) is 3. The predicted molar refractivity (Wildman–Crippen MR) is 89.5 cm³/mol. The van der Waals surface area contributed by atoms with Crippen LogP contribution in [-0.2, 0) is 31.2 Å². The van der Waals surface area contributed by atoms with Gasteiger partial charge in [0.1, 0.15) is 17.6 Å². The summed E-state index contributed by atoms with van der Waals surface area (Å²) < 4.78 is 13.5. The van der Waals surface area contributed by atoms with E-state index in [0.29, 0.717) is 5.92 Å². The first-order valence-electron chi connectivity index (χ1n) is 9.09. The van der Waals surface area contributed by atoms with Crippen LogP contribution in [0.15, 0.2) is 16.8 Å². The molecule has 3 heterocycles. The Morgan fingerprint density at radius 1 is 1.29 bits per heavy atom. The van der Waals surface area contributed by atoms with Gasteiger partial charge >= 0.3 is 0 Å². The van der Waals surface area contributed by atoms with Crippen molar-refractivity contribution in [3.8, 4) is 0 Å². The SMILES string of the molecule is Cn1nccc1[C@@H]1OCCC[C@H]1CNCc1noc2c1CCCC2. The van der Waals surface area contributed by atoms with Gasteiger partial charge in [0.15, 0.2) is 0 Å². The minimum absolute atomic E-state index is 0.130. The zero-order valence-corrected chi connectivity index (χ0v) is 14.3. The molecule has 1 fully saturated rings. The Hall–Kier alpha value is -1.66. The Balaban J connectivity index is 1.37. The van der Waals surface area contributed by atoms with E-state index < -0.39 is 0 Å². The summed E-state index contributed by atoms with van der Waals surface area (Å²) in [5.41, 5.74) is 3.61. The Bertz CT molecular complexity index is 678. The highest BCUT2D eigenvalue weighted by Gasteiger charge is 2.29. The third-order valence-corrected chi connectivity index (χ3v) is 5.33. The van der Waals surface area contributed by atoms with Crippen molar-refractivity contribution >= 4 is 0 Å². The summed E-state index contributed by atoms with van der Waals surface area (Å²) in [6.45, 7) is 2.55. The van der Waals surface area contributed by atoms with E-state index in [-0.39, 0.29) is 6.10 Å². The maximum absolute atomic E-state index is 6.06. The first-order valence-corrected chi connectivity index (χ1v) is 9.09. The van der Waals surface area contributed by atoms with Gasteiger partial charge in [-0.15, -0.1) is 0 Å². The average Bonchev–Trinajstić information content (AvgIpc) is 3.22. The topological polar surface area (TPSA) is 65.1 Å². The lowest BCUT2D eigenvalue weighted by molar-refractivity contribution is -0.0323. The van der Waals surface area contributed by atoms with Gasteiger partial charge in [-0.2, -0.15) is 5.10 Å². The molecule has 0 saturated carbocycles. The molecule has 24 heavy (non-hydrogen) atoms. The molecular formula is C18H26N4O2. The predicted octanol–water partition coefficient (Wildman–Crippen LogP) is 2.54. The third-order valence-electron chi connectivity index (χ3n) is 5.33. The molecule has 2 aromatic heterocycles. The summed E-state index contributed by atoms with van der Waals surface area (Å²) in [7, 11) is 1.99. The van der Waals surface area contributed by atoms with Gasteiger partial charge in [0.05, 0.1) is 5.69 Å². The van der Waals surface area contributed by atoms with E-state index >= 15 is 0 Å². The molecule has 0 aromatic carbocycles. The number of fused-ring (bicyclic) bond motifs is 1. The summed E-state index contributed by atoms with van der Waals surface area (Å²) in [6.07, 6.45) is 8.91. The molecule has 0 radical (unpaired) electrons. The molecule has 1 saturated heterocycles. The van der Waals surface area contributed by atoms with E-state index in [9.17, 15) is 0 Å². The van der Waals surface area contributed by atoms with Crippen molar-refractivity contribution in [1.82, 2.24) is 20.3 Å². The average molecular weight is 330 g/mol. The summed E-state index contributed by atoms with van der Waals surface area (Å²) in [5, 5.41) is 12.2. The molecule has 0 spiro atoms. The third kappa shape index (κ3) is 3.13. The second kappa shape index (κ2) is 7.07. The number of hydrogen-bond acceptors (Lipinski definition) is 5. The summed E-state index contributed by atoms with van der Waals surface area (Å²) in [6, 6.07) is 2.07. The lowest BCUT2D eigenvalue weighted by atomic mass is 9.92. The molecule has 2 aromatic rings. The van der Waals surface area contributed by atoms with Crippen molar-refractivity contribution in [3.05, 3.63) is 35.0 Å². The van der Waals surface area contributed by atoms with Crippen LogP contribution in [0.2, 0.25) is 0 Å². The maximum Gasteiger partial charge on any atom is 0.140 e. The van der Waals surface area contributed by atoms with E-state index in [0.717, 1.165) is 50.4 Å². The fourth-order valence-electron chi connectivity index (χ4n) is 4.01. The Morgan fingerprint density at radius 3 is 3.08 bits per heavy atom. The van der Waals surface area contributed by atoms with E-state index in [2.05, 4.69) is 21.6 Å². The van der Waals surface area contributed by atoms with Gasteiger partial charge in [-0.1, -0.05) is 5.16 Å². The lowest BCUT2D eigenvalue weighted by Gasteiger charge is -2.32. The minimum Gasteiger partial charge on any atom is -0.372 e. The molecule has 6 heteroatoms. The normalized spacial score (nSPS) is 24.0. The van der Waals surface area contributed by atoms with Crippen LogP contribution >= 0.6 is 0 Å². The van der Waals surface area contributed by atoms with E-state index in [1.165, 1.54) is 30.5 Å². The quantitative estimate of drug-likeness (QED) is 0.913. The number of aromatic nitrogens is 3. The van der Waals surface area contributed by atoms with Gasteiger partial charge in [0.25, 0.3) is 0 Å². The molecule has 0 amide bonds. The van der Waals surface area contributed by atoms with Gasteiger partial charge in [-0.05, 0) is 38.2 Å². The fraction of sp³-hybridized carbons (Fsp3) is 0.667. The van der Waals surface area contributed by atoms with Crippen molar-refractivity contribution in [2.75, 3.05) is 13.2 Å². The second-order valence-corrected chi connectivity index (χ2v) is 6.94. The first-order chi connectivity index (χ1) is 11.8. The first kappa shape index (κ1) is 15.8. The van der Waals surface area contributed by atoms with Crippen LogP contribution < -0.4 is 5.32 Å². The molecule has 1 aliphatic carbocycles. The van der Waals surface area contributed by atoms with E-state index in [1.54, 1.807) is 0 Å². The number of aryl methyl sites for hydroxylation is 2.